The summed E-state index contributed by atoms with van der Waals surface area (Å²) < 4.78 is 0. The maximum atomic E-state index is 4.92. The SMILES string of the molecule is CC1(C)Cc2nc(C(C)(C)C)ncc2C(NCc2cccnc2)C1. The summed E-state index contributed by atoms with van der Waals surface area (Å²) in [6.45, 7) is 12.0. The van der Waals surface area contributed by atoms with Gasteiger partial charge in [0.05, 0.1) is 0 Å². The zero-order valence-electron chi connectivity index (χ0n) is 15.4. The van der Waals surface area contributed by atoms with Gasteiger partial charge in [0.1, 0.15) is 5.82 Å². The van der Waals surface area contributed by atoms with E-state index in [1.807, 2.05) is 24.7 Å². The molecular weight excluding hydrogens is 296 g/mol. The van der Waals surface area contributed by atoms with Gasteiger partial charge in [-0.3, -0.25) is 4.98 Å². The Kier molecular flexibility index (Phi) is 4.43. The lowest BCUT2D eigenvalue weighted by molar-refractivity contribution is 0.251. The number of hydrogen-bond acceptors (Lipinski definition) is 4. The van der Waals surface area contributed by atoms with E-state index in [1.165, 1.54) is 16.8 Å². The summed E-state index contributed by atoms with van der Waals surface area (Å²) in [4.78, 5) is 13.8. The lowest BCUT2D eigenvalue weighted by atomic mass is 9.74. The predicted molar refractivity (Wildman–Crippen MR) is 96.7 cm³/mol. The number of rotatable bonds is 3. The molecule has 3 rings (SSSR count). The molecule has 0 fully saturated rings. The molecule has 2 heterocycles. The highest BCUT2D eigenvalue weighted by Gasteiger charge is 2.34. The lowest BCUT2D eigenvalue weighted by Gasteiger charge is -2.37. The molecule has 2 aromatic heterocycles. The third kappa shape index (κ3) is 3.81. The molecule has 0 radical (unpaired) electrons. The second kappa shape index (κ2) is 6.25. The lowest BCUT2D eigenvalue weighted by Crippen LogP contribution is -2.35. The van der Waals surface area contributed by atoms with Crippen molar-refractivity contribution in [2.75, 3.05) is 0 Å². The van der Waals surface area contributed by atoms with Gasteiger partial charge in [0, 0.05) is 47.8 Å². The summed E-state index contributed by atoms with van der Waals surface area (Å²) in [6.07, 6.45) is 7.88. The van der Waals surface area contributed by atoms with Gasteiger partial charge >= 0.3 is 0 Å². The number of hydrogen-bond donors (Lipinski definition) is 1. The largest absolute Gasteiger partial charge is 0.306 e. The predicted octanol–water partition coefficient (Wildman–Crippen LogP) is 3.97. The number of fused-ring (bicyclic) bond motifs is 1. The van der Waals surface area contributed by atoms with Crippen molar-refractivity contribution in [1.82, 2.24) is 20.3 Å². The van der Waals surface area contributed by atoms with Crippen LogP contribution in [0.1, 0.15) is 69.7 Å². The average molecular weight is 324 g/mol. The van der Waals surface area contributed by atoms with E-state index in [4.69, 9.17) is 4.98 Å². The van der Waals surface area contributed by atoms with E-state index in [0.29, 0.717) is 0 Å². The van der Waals surface area contributed by atoms with Crippen LogP contribution in [0.15, 0.2) is 30.7 Å². The molecule has 1 aliphatic carbocycles. The second-order valence-electron chi connectivity index (χ2n) is 8.69. The second-order valence-corrected chi connectivity index (χ2v) is 8.69. The minimum absolute atomic E-state index is 0.0186. The van der Waals surface area contributed by atoms with Crippen LogP contribution in [0.5, 0.6) is 0 Å². The molecule has 2 aromatic rings. The smallest absolute Gasteiger partial charge is 0.133 e. The Hall–Kier alpha value is -1.81. The van der Waals surface area contributed by atoms with Gasteiger partial charge < -0.3 is 5.32 Å². The Labute approximate surface area is 145 Å². The molecule has 0 bridgehead atoms. The van der Waals surface area contributed by atoms with Crippen molar-refractivity contribution in [3.05, 3.63) is 53.4 Å². The molecule has 0 aromatic carbocycles. The molecule has 0 saturated heterocycles. The van der Waals surface area contributed by atoms with E-state index in [-0.39, 0.29) is 16.9 Å². The van der Waals surface area contributed by atoms with Crippen LogP contribution in [0.25, 0.3) is 0 Å². The molecule has 1 unspecified atom stereocenters. The van der Waals surface area contributed by atoms with Gasteiger partial charge in [0.2, 0.25) is 0 Å². The van der Waals surface area contributed by atoms with Crippen molar-refractivity contribution in [3.63, 3.8) is 0 Å². The maximum Gasteiger partial charge on any atom is 0.133 e. The van der Waals surface area contributed by atoms with E-state index in [2.05, 4.69) is 56.0 Å². The normalized spacial score (nSPS) is 19.8. The van der Waals surface area contributed by atoms with Gasteiger partial charge in [0.25, 0.3) is 0 Å². The number of nitrogens with zero attached hydrogens (tertiary/aromatic N) is 3. The summed E-state index contributed by atoms with van der Waals surface area (Å²) in [7, 11) is 0. The first kappa shape index (κ1) is 17.0. The molecule has 0 amide bonds. The van der Waals surface area contributed by atoms with Crippen LogP contribution in [-0.4, -0.2) is 15.0 Å². The van der Waals surface area contributed by atoms with Crippen LogP contribution in [0.2, 0.25) is 0 Å². The molecule has 1 aliphatic rings. The van der Waals surface area contributed by atoms with E-state index in [9.17, 15) is 0 Å². The molecule has 24 heavy (non-hydrogen) atoms. The Morgan fingerprint density at radius 1 is 1.25 bits per heavy atom. The van der Waals surface area contributed by atoms with Crippen LogP contribution >= 0.6 is 0 Å². The summed E-state index contributed by atoms with van der Waals surface area (Å²) in [5.41, 5.74) is 3.88. The molecule has 0 spiro atoms. The molecule has 0 aliphatic heterocycles. The molecule has 1 atom stereocenters. The molecule has 1 N–H and O–H groups in total. The van der Waals surface area contributed by atoms with Gasteiger partial charge in [-0.2, -0.15) is 0 Å². The minimum Gasteiger partial charge on any atom is -0.306 e. The van der Waals surface area contributed by atoms with Crippen LogP contribution in [0.3, 0.4) is 0 Å². The highest BCUT2D eigenvalue weighted by atomic mass is 15.0. The molecule has 0 saturated carbocycles. The zero-order chi connectivity index (χ0) is 17.4. The van der Waals surface area contributed by atoms with Crippen molar-refractivity contribution < 1.29 is 0 Å². The van der Waals surface area contributed by atoms with Crippen LogP contribution in [-0.2, 0) is 18.4 Å². The standard InChI is InChI=1S/C20H28N4/c1-19(2,3)18-23-13-15-16(9-20(4,5)10-17(15)24-18)22-12-14-7-6-8-21-11-14/h6-8,11,13,16,22H,9-10,12H2,1-5H3. The summed E-state index contributed by atoms with van der Waals surface area (Å²) in [5.74, 6) is 0.935. The van der Waals surface area contributed by atoms with Crippen molar-refractivity contribution in [1.29, 1.82) is 0 Å². The van der Waals surface area contributed by atoms with Crippen LogP contribution in [0.4, 0.5) is 0 Å². The van der Waals surface area contributed by atoms with Gasteiger partial charge in [-0.25, -0.2) is 9.97 Å². The fraction of sp³-hybridized carbons (Fsp3) is 0.550. The molecule has 128 valence electrons. The Balaban J connectivity index is 1.86. The van der Waals surface area contributed by atoms with E-state index >= 15 is 0 Å². The highest BCUT2D eigenvalue weighted by Crippen LogP contribution is 2.40. The summed E-state index contributed by atoms with van der Waals surface area (Å²) >= 11 is 0. The first-order valence-corrected chi connectivity index (χ1v) is 8.73. The maximum absolute atomic E-state index is 4.92. The quantitative estimate of drug-likeness (QED) is 0.928. The van der Waals surface area contributed by atoms with Gasteiger partial charge in [-0.05, 0) is 29.9 Å². The van der Waals surface area contributed by atoms with Gasteiger partial charge in [-0.15, -0.1) is 0 Å². The fourth-order valence-electron chi connectivity index (χ4n) is 3.33. The number of aromatic nitrogens is 3. The minimum atomic E-state index is -0.0186. The first-order valence-electron chi connectivity index (χ1n) is 8.73. The van der Waals surface area contributed by atoms with Crippen molar-refractivity contribution in [2.45, 2.75) is 65.5 Å². The van der Waals surface area contributed by atoms with Crippen LogP contribution < -0.4 is 5.32 Å². The highest BCUT2D eigenvalue weighted by molar-refractivity contribution is 5.28. The topological polar surface area (TPSA) is 50.7 Å². The monoisotopic (exact) mass is 324 g/mol. The average Bonchev–Trinajstić information content (AvgIpc) is 2.51. The third-order valence-corrected chi connectivity index (χ3v) is 4.62. The van der Waals surface area contributed by atoms with Crippen molar-refractivity contribution in [2.24, 2.45) is 5.41 Å². The van der Waals surface area contributed by atoms with Crippen molar-refractivity contribution in [3.8, 4) is 0 Å². The van der Waals surface area contributed by atoms with Crippen LogP contribution in [0, 0.1) is 5.41 Å². The van der Waals surface area contributed by atoms with Gasteiger partial charge in [-0.1, -0.05) is 40.7 Å². The zero-order valence-corrected chi connectivity index (χ0v) is 15.4. The Bertz CT molecular complexity index is 701. The number of pyridine rings is 1. The first-order chi connectivity index (χ1) is 11.2. The fourth-order valence-corrected chi connectivity index (χ4v) is 3.33. The Morgan fingerprint density at radius 3 is 2.71 bits per heavy atom. The number of nitrogens with one attached hydrogen (secondary N) is 1. The summed E-state index contributed by atoms with van der Waals surface area (Å²) in [5, 5.41) is 3.69. The molecular formula is C20H28N4. The summed E-state index contributed by atoms with van der Waals surface area (Å²) in [6, 6.07) is 4.38. The van der Waals surface area contributed by atoms with E-state index in [1.54, 1.807) is 0 Å². The molecule has 4 heteroatoms. The molecule has 4 nitrogen and oxygen atoms in total. The van der Waals surface area contributed by atoms with E-state index < -0.39 is 0 Å². The van der Waals surface area contributed by atoms with E-state index in [0.717, 1.165) is 25.2 Å². The van der Waals surface area contributed by atoms with Crippen molar-refractivity contribution >= 4 is 0 Å². The Morgan fingerprint density at radius 2 is 2.04 bits per heavy atom. The third-order valence-electron chi connectivity index (χ3n) is 4.62. The van der Waals surface area contributed by atoms with Gasteiger partial charge in [0.15, 0.2) is 0 Å².